The summed E-state index contributed by atoms with van der Waals surface area (Å²) in [6.45, 7) is 5.36. The Morgan fingerprint density at radius 3 is 2.54 bits per heavy atom. The number of nitrogens with zero attached hydrogens (tertiary/aromatic N) is 2. The van der Waals surface area contributed by atoms with E-state index in [1.807, 2.05) is 29.2 Å². The Kier molecular flexibility index (Phi) is 6.89. The first-order chi connectivity index (χ1) is 13.5. The molecule has 0 N–H and O–H groups in total. The summed E-state index contributed by atoms with van der Waals surface area (Å²) in [5.74, 6) is 0.594. The Balaban J connectivity index is 1.67. The third-order valence-electron chi connectivity index (χ3n) is 5.17. The minimum Gasteiger partial charge on any atom is -0.338 e. The minimum absolute atomic E-state index is 0.0257. The van der Waals surface area contributed by atoms with Crippen LogP contribution in [0.4, 0.5) is 0 Å². The maximum Gasteiger partial charge on any atom is 0.255 e. The molecular formula is C23H28N2O2S. The van der Waals surface area contributed by atoms with Crippen molar-refractivity contribution in [3.63, 3.8) is 0 Å². The van der Waals surface area contributed by atoms with Crippen LogP contribution in [-0.2, 0) is 4.79 Å². The molecule has 1 aromatic carbocycles. The lowest BCUT2D eigenvalue weighted by molar-refractivity contribution is -0.124. The van der Waals surface area contributed by atoms with Crippen LogP contribution in [0.2, 0.25) is 0 Å². The summed E-state index contributed by atoms with van der Waals surface area (Å²) >= 11 is 1.71. The molecule has 1 fully saturated rings. The van der Waals surface area contributed by atoms with Gasteiger partial charge in [0.05, 0.1) is 11.3 Å². The van der Waals surface area contributed by atoms with E-state index in [4.69, 9.17) is 0 Å². The number of carbonyl (C=O) groups is 2. The predicted molar refractivity (Wildman–Crippen MR) is 115 cm³/mol. The molecule has 5 heteroatoms. The Hall–Kier alpha value is -2.14. The molecule has 0 unspecified atom stereocenters. The average Bonchev–Trinajstić information content (AvgIpc) is 2.73. The smallest absolute Gasteiger partial charge is 0.255 e. The molecule has 1 aliphatic heterocycles. The number of pyridine rings is 1. The predicted octanol–water partition coefficient (Wildman–Crippen LogP) is 4.94. The molecule has 0 bridgehead atoms. The second kappa shape index (κ2) is 9.37. The molecule has 0 saturated carbocycles. The maximum atomic E-state index is 12.9. The quantitative estimate of drug-likeness (QED) is 0.649. The van der Waals surface area contributed by atoms with Crippen LogP contribution in [0, 0.1) is 11.8 Å². The zero-order chi connectivity index (χ0) is 20.1. The topological polar surface area (TPSA) is 50.3 Å². The maximum absolute atomic E-state index is 12.9. The first-order valence-corrected chi connectivity index (χ1v) is 11.1. The molecule has 0 aliphatic carbocycles. The van der Waals surface area contributed by atoms with E-state index in [-0.39, 0.29) is 17.6 Å². The molecule has 1 amide bonds. The van der Waals surface area contributed by atoms with Gasteiger partial charge in [-0.2, -0.15) is 0 Å². The van der Waals surface area contributed by atoms with Gasteiger partial charge in [-0.3, -0.25) is 14.6 Å². The number of likely N-dealkylation sites (tertiary alicyclic amines) is 1. The van der Waals surface area contributed by atoms with Crippen molar-refractivity contribution in [2.45, 2.75) is 38.0 Å². The standard InChI is InChI=1S/C23H28N2O2S/c1-16(2)13-22(26)19-5-4-12-25(15-19)23(27)18-8-11-21(24-14-18)17-6-9-20(28-3)10-7-17/h6-11,14,16,19H,4-5,12-13,15H2,1-3H3/t19-/m0/s1. The molecule has 1 aromatic heterocycles. The molecule has 3 rings (SSSR count). The number of thioether (sulfide) groups is 1. The van der Waals surface area contributed by atoms with Crippen LogP contribution in [0.1, 0.15) is 43.5 Å². The Morgan fingerprint density at radius 2 is 1.93 bits per heavy atom. The fourth-order valence-corrected chi connectivity index (χ4v) is 4.04. The molecule has 2 heterocycles. The molecule has 148 valence electrons. The van der Waals surface area contributed by atoms with Crippen molar-refractivity contribution in [1.29, 1.82) is 0 Å². The number of ketones is 1. The molecule has 0 spiro atoms. The highest BCUT2D eigenvalue weighted by Gasteiger charge is 2.29. The Morgan fingerprint density at radius 1 is 1.18 bits per heavy atom. The number of aromatic nitrogens is 1. The van der Waals surface area contributed by atoms with Gasteiger partial charge in [0, 0.05) is 42.1 Å². The number of hydrogen-bond donors (Lipinski definition) is 0. The van der Waals surface area contributed by atoms with Gasteiger partial charge in [-0.1, -0.05) is 26.0 Å². The van der Waals surface area contributed by atoms with E-state index in [2.05, 4.69) is 37.2 Å². The largest absolute Gasteiger partial charge is 0.338 e. The fourth-order valence-electron chi connectivity index (χ4n) is 3.63. The van der Waals surface area contributed by atoms with Crippen molar-refractivity contribution in [1.82, 2.24) is 9.88 Å². The molecule has 2 aromatic rings. The number of Topliss-reactive ketones (excluding diaryl/α,β-unsaturated/α-hetero) is 1. The minimum atomic E-state index is -0.0289. The Bertz CT molecular complexity index is 816. The van der Waals surface area contributed by atoms with E-state index in [0.29, 0.717) is 31.0 Å². The van der Waals surface area contributed by atoms with E-state index in [0.717, 1.165) is 24.1 Å². The van der Waals surface area contributed by atoms with Crippen LogP contribution in [0.3, 0.4) is 0 Å². The number of benzene rings is 1. The SMILES string of the molecule is CSc1ccc(-c2ccc(C(=O)N3CCC[C@H](C(=O)CC(C)C)C3)cn2)cc1. The van der Waals surface area contributed by atoms with Crippen molar-refractivity contribution < 1.29 is 9.59 Å². The summed E-state index contributed by atoms with van der Waals surface area (Å²) in [4.78, 5) is 32.8. The van der Waals surface area contributed by atoms with Gasteiger partial charge in [-0.15, -0.1) is 11.8 Å². The van der Waals surface area contributed by atoms with Crippen molar-refractivity contribution in [2.24, 2.45) is 11.8 Å². The van der Waals surface area contributed by atoms with Crippen LogP contribution in [0.15, 0.2) is 47.5 Å². The molecule has 0 radical (unpaired) electrons. The van der Waals surface area contributed by atoms with Gasteiger partial charge in [-0.25, -0.2) is 0 Å². The number of carbonyl (C=O) groups excluding carboxylic acids is 2. The summed E-state index contributed by atoms with van der Waals surface area (Å²) in [5, 5.41) is 0. The molecule has 4 nitrogen and oxygen atoms in total. The monoisotopic (exact) mass is 396 g/mol. The number of rotatable bonds is 6. The Labute approximate surface area is 171 Å². The molecular weight excluding hydrogens is 368 g/mol. The van der Waals surface area contributed by atoms with E-state index in [1.165, 1.54) is 4.90 Å². The van der Waals surface area contributed by atoms with Crippen LogP contribution < -0.4 is 0 Å². The lowest BCUT2D eigenvalue weighted by atomic mass is 9.89. The molecule has 1 saturated heterocycles. The van der Waals surface area contributed by atoms with Crippen LogP contribution in [0.5, 0.6) is 0 Å². The summed E-state index contributed by atoms with van der Waals surface area (Å²) in [6.07, 6.45) is 6.07. The number of piperidine rings is 1. The highest BCUT2D eigenvalue weighted by Crippen LogP contribution is 2.24. The molecule has 28 heavy (non-hydrogen) atoms. The number of amides is 1. The fraction of sp³-hybridized carbons (Fsp3) is 0.435. The van der Waals surface area contributed by atoms with E-state index in [1.54, 1.807) is 18.0 Å². The second-order valence-corrected chi connectivity index (χ2v) is 8.69. The summed E-state index contributed by atoms with van der Waals surface area (Å²) in [7, 11) is 0. The summed E-state index contributed by atoms with van der Waals surface area (Å²) in [5.41, 5.74) is 2.48. The van der Waals surface area contributed by atoms with Crippen LogP contribution in [0.25, 0.3) is 11.3 Å². The van der Waals surface area contributed by atoms with E-state index in [9.17, 15) is 9.59 Å². The van der Waals surface area contributed by atoms with Gasteiger partial charge < -0.3 is 4.90 Å². The van der Waals surface area contributed by atoms with Gasteiger partial charge >= 0.3 is 0 Å². The van der Waals surface area contributed by atoms with E-state index >= 15 is 0 Å². The zero-order valence-electron chi connectivity index (χ0n) is 16.9. The highest BCUT2D eigenvalue weighted by molar-refractivity contribution is 7.98. The first-order valence-electron chi connectivity index (χ1n) is 9.90. The van der Waals surface area contributed by atoms with Crippen molar-refractivity contribution >= 4 is 23.5 Å². The van der Waals surface area contributed by atoms with Crippen LogP contribution in [-0.4, -0.2) is 40.9 Å². The summed E-state index contributed by atoms with van der Waals surface area (Å²) in [6, 6.07) is 12.0. The van der Waals surface area contributed by atoms with Crippen molar-refractivity contribution in [3.05, 3.63) is 48.2 Å². The molecule has 1 aliphatic rings. The van der Waals surface area contributed by atoms with Gasteiger partial charge in [0.2, 0.25) is 0 Å². The number of hydrogen-bond acceptors (Lipinski definition) is 4. The normalized spacial score (nSPS) is 17.0. The van der Waals surface area contributed by atoms with Gasteiger partial charge in [0.1, 0.15) is 5.78 Å². The van der Waals surface area contributed by atoms with Gasteiger partial charge in [-0.05, 0) is 49.3 Å². The van der Waals surface area contributed by atoms with Crippen molar-refractivity contribution in [3.8, 4) is 11.3 Å². The zero-order valence-corrected chi connectivity index (χ0v) is 17.7. The van der Waals surface area contributed by atoms with E-state index < -0.39 is 0 Å². The summed E-state index contributed by atoms with van der Waals surface area (Å²) < 4.78 is 0. The van der Waals surface area contributed by atoms with Gasteiger partial charge in [0.15, 0.2) is 0 Å². The van der Waals surface area contributed by atoms with Crippen LogP contribution >= 0.6 is 11.8 Å². The van der Waals surface area contributed by atoms with Crippen molar-refractivity contribution in [2.75, 3.05) is 19.3 Å². The first kappa shape index (κ1) is 20.6. The lowest BCUT2D eigenvalue weighted by Crippen LogP contribution is -2.42. The second-order valence-electron chi connectivity index (χ2n) is 7.82. The van der Waals surface area contributed by atoms with Gasteiger partial charge in [0.25, 0.3) is 5.91 Å². The third-order valence-corrected chi connectivity index (χ3v) is 5.91. The lowest BCUT2D eigenvalue weighted by Gasteiger charge is -2.32. The highest BCUT2D eigenvalue weighted by atomic mass is 32.2. The third kappa shape index (κ3) is 5.02. The average molecular weight is 397 g/mol. The molecule has 1 atom stereocenters.